The summed E-state index contributed by atoms with van der Waals surface area (Å²) in [4.78, 5) is 83.4. The number of aliphatic hydroxyl groups is 2. The van der Waals surface area contributed by atoms with Crippen LogP contribution in [0.4, 0.5) is 5.82 Å². The van der Waals surface area contributed by atoms with E-state index in [0.29, 0.717) is 35.4 Å². The van der Waals surface area contributed by atoms with Crippen LogP contribution in [0.2, 0.25) is 0 Å². The molecule has 60 heavy (non-hydrogen) atoms. The minimum atomic E-state index is -0.671. The summed E-state index contributed by atoms with van der Waals surface area (Å²) in [5.41, 5.74) is 14.5. The number of anilines is 1. The molecule has 1 aliphatic carbocycles. The lowest BCUT2D eigenvalue weighted by atomic mass is 9.98. The van der Waals surface area contributed by atoms with Crippen LogP contribution in [-0.4, -0.2) is 81.2 Å². The fourth-order valence-corrected chi connectivity index (χ4v) is 8.00. The highest BCUT2D eigenvalue weighted by atomic mass is 32.2. The zero-order chi connectivity index (χ0) is 43.7. The maximum absolute atomic E-state index is 13.3. The van der Waals surface area contributed by atoms with Gasteiger partial charge in [-0.1, -0.05) is 41.4 Å². The van der Waals surface area contributed by atoms with E-state index in [1.165, 1.54) is 31.7 Å². The molecular weight excluding hydrogens is 801 g/mol. The molecule has 4 aromatic rings. The van der Waals surface area contributed by atoms with E-state index in [9.17, 15) is 28.8 Å². The minimum Gasteiger partial charge on any atom is -0.394 e. The van der Waals surface area contributed by atoms with Gasteiger partial charge in [-0.3, -0.25) is 38.1 Å². The zero-order valence-corrected chi connectivity index (χ0v) is 34.3. The van der Waals surface area contributed by atoms with Crippen molar-refractivity contribution in [2.75, 3.05) is 24.7 Å². The quantitative estimate of drug-likeness (QED) is 0.0503. The van der Waals surface area contributed by atoms with Crippen LogP contribution in [0.3, 0.4) is 0 Å². The number of H-pyrrole nitrogens is 2. The second-order valence-electron chi connectivity index (χ2n) is 14.4. The monoisotopic (exact) mass is 848 g/mol. The van der Waals surface area contributed by atoms with Crippen molar-refractivity contribution in [3.8, 4) is 0 Å². The number of nitrogens with two attached hydrogens (primary N) is 1. The van der Waals surface area contributed by atoms with E-state index in [0.717, 1.165) is 24.0 Å². The Kier molecular flexibility index (Phi) is 15.4. The molecule has 3 aromatic heterocycles. The summed E-state index contributed by atoms with van der Waals surface area (Å²) in [7, 11) is 0. The summed E-state index contributed by atoms with van der Waals surface area (Å²) < 4.78 is 14.9. The number of aromatic nitrogens is 6. The number of aryl methyl sites for hydroxylation is 3. The maximum Gasteiger partial charge on any atom is 0.351 e. The molecule has 2 saturated heterocycles. The van der Waals surface area contributed by atoms with Crippen LogP contribution in [0, 0.1) is 26.7 Å². The van der Waals surface area contributed by atoms with E-state index >= 15 is 0 Å². The van der Waals surface area contributed by atoms with Gasteiger partial charge >= 0.3 is 17.1 Å². The topological polar surface area (TPSA) is 295 Å². The molecule has 0 unspecified atom stereocenters. The van der Waals surface area contributed by atoms with E-state index in [2.05, 4.69) is 37.1 Å². The predicted molar refractivity (Wildman–Crippen MR) is 223 cm³/mol. The number of nitrogens with one attached hydrogen (secondary N) is 2. The van der Waals surface area contributed by atoms with Crippen molar-refractivity contribution in [3.63, 3.8) is 0 Å². The molecular formula is C39H48N10O10S. The molecule has 6 N–H and O–H groups in total. The van der Waals surface area contributed by atoms with Crippen LogP contribution in [-0.2, 0) is 22.4 Å². The number of ether oxygens (including phenoxy) is 2. The number of ketones is 1. The average Bonchev–Trinajstić information content (AvgIpc) is 3.99. The van der Waals surface area contributed by atoms with E-state index < -0.39 is 46.6 Å². The van der Waals surface area contributed by atoms with Crippen molar-refractivity contribution in [1.82, 2.24) is 28.7 Å². The number of aliphatic hydroxyl groups excluding tert-OH is 2. The van der Waals surface area contributed by atoms with Crippen molar-refractivity contribution >= 4 is 23.4 Å². The number of rotatable bonds is 10. The molecule has 5 atom stereocenters. The average molecular weight is 849 g/mol. The van der Waals surface area contributed by atoms with Gasteiger partial charge in [-0.15, -0.1) is 11.8 Å². The van der Waals surface area contributed by atoms with Crippen LogP contribution in [0.15, 0.2) is 77.9 Å². The summed E-state index contributed by atoms with van der Waals surface area (Å²) in [6, 6.07) is 6.61. The number of allylic oxidation sites excluding steroid dienone is 2. The van der Waals surface area contributed by atoms with Crippen LogP contribution >= 0.6 is 11.8 Å². The maximum atomic E-state index is 13.3. The Balaban J connectivity index is 0.000000178. The number of benzene rings is 1. The van der Waals surface area contributed by atoms with Crippen LogP contribution in [0.5, 0.6) is 0 Å². The van der Waals surface area contributed by atoms with Crippen LogP contribution in [0.25, 0.3) is 10.4 Å². The first-order chi connectivity index (χ1) is 28.7. The Morgan fingerprint density at radius 1 is 0.983 bits per heavy atom. The van der Waals surface area contributed by atoms with Gasteiger partial charge in [-0.25, -0.2) is 14.4 Å². The molecule has 2 fully saturated rings. The van der Waals surface area contributed by atoms with Gasteiger partial charge in [0.05, 0.1) is 25.4 Å². The van der Waals surface area contributed by atoms with Gasteiger partial charge < -0.3 is 25.4 Å². The summed E-state index contributed by atoms with van der Waals surface area (Å²) in [6.45, 7) is 7.32. The molecule has 0 spiro atoms. The first kappa shape index (κ1) is 45.3. The highest BCUT2D eigenvalue weighted by Crippen LogP contribution is 2.31. The van der Waals surface area contributed by atoms with E-state index in [-0.39, 0.29) is 54.5 Å². The number of azide groups is 1. The van der Waals surface area contributed by atoms with E-state index in [1.807, 2.05) is 39.0 Å². The second-order valence-corrected chi connectivity index (χ2v) is 15.6. The van der Waals surface area contributed by atoms with Gasteiger partial charge in [-0.2, -0.15) is 4.98 Å². The molecule has 320 valence electrons. The number of thioether (sulfide) groups is 1. The number of nitrogen functional groups attached to an aromatic ring is 1. The van der Waals surface area contributed by atoms with Crippen molar-refractivity contribution < 1.29 is 24.5 Å². The first-order valence-corrected chi connectivity index (χ1v) is 20.2. The van der Waals surface area contributed by atoms with Gasteiger partial charge in [0.15, 0.2) is 0 Å². The second kappa shape index (κ2) is 20.4. The number of carbonyl (C=O) groups is 1. The highest BCUT2D eigenvalue weighted by molar-refractivity contribution is 8.00. The van der Waals surface area contributed by atoms with Gasteiger partial charge in [0.25, 0.3) is 11.1 Å². The third-order valence-corrected chi connectivity index (χ3v) is 11.1. The van der Waals surface area contributed by atoms with Crippen molar-refractivity contribution in [2.24, 2.45) is 11.0 Å². The Morgan fingerprint density at radius 3 is 2.27 bits per heavy atom. The highest BCUT2D eigenvalue weighted by Gasteiger charge is 2.36. The number of nitrogens with zero attached hydrogens (tertiary/aromatic N) is 7. The first-order valence-electron chi connectivity index (χ1n) is 19.2. The molecule has 3 aliphatic rings. The summed E-state index contributed by atoms with van der Waals surface area (Å²) in [5, 5.41) is 21.5. The molecule has 2 aliphatic heterocycles. The van der Waals surface area contributed by atoms with E-state index in [4.69, 9.17) is 31.0 Å². The largest absolute Gasteiger partial charge is 0.394 e. The van der Waals surface area contributed by atoms with Crippen LogP contribution < -0.4 is 33.9 Å². The molecule has 0 amide bonds. The smallest absolute Gasteiger partial charge is 0.351 e. The van der Waals surface area contributed by atoms with Crippen molar-refractivity contribution in [2.45, 2.75) is 90.0 Å². The Hall–Kier alpha value is -5.83. The summed E-state index contributed by atoms with van der Waals surface area (Å²) in [5.74, 6) is 0.828. The fraction of sp³-hybridized carbons (Fsp3) is 0.462. The van der Waals surface area contributed by atoms with E-state index in [1.54, 1.807) is 19.2 Å². The molecule has 20 nitrogen and oxygen atoms in total. The van der Waals surface area contributed by atoms with Crippen LogP contribution in [0.1, 0.15) is 76.9 Å². The number of hydrogen-bond acceptors (Lipinski definition) is 14. The minimum absolute atomic E-state index is 0.0572. The summed E-state index contributed by atoms with van der Waals surface area (Å²) in [6.07, 6.45) is 7.85. The number of carbonyl (C=O) groups excluding carboxylic acids is 1. The lowest BCUT2D eigenvalue weighted by molar-refractivity contribution is -0.0271. The molecule has 7 rings (SSSR count). The SMILES string of the molecule is CCc1c(C(=O)c2cc(C)cc(C)c2)n(CC2CC=CC2)c(=O)[nH]c1=O.Cc1cn([C@H]2C[C@H](N=[N+]=[N-])[C@@H](CO)O2)c(=O)[nH]c1=O.Nc1ccn([C@H]2CS[C@H](CO)O2)c(=O)n1. The normalized spacial score (nSPS) is 20.8. The van der Waals surface area contributed by atoms with Crippen molar-refractivity contribution in [1.29, 1.82) is 0 Å². The molecule has 21 heteroatoms. The lowest BCUT2D eigenvalue weighted by Crippen LogP contribution is -2.38. The predicted octanol–water partition coefficient (Wildman–Crippen LogP) is 2.12. The zero-order valence-electron chi connectivity index (χ0n) is 33.5. The lowest BCUT2D eigenvalue weighted by Gasteiger charge is -2.18. The standard InChI is InChI=1S/C21H24N2O3.C10H13N5O4.C8H11N3O3S/c1-4-17-18(19(24)16-10-13(2)9-14(3)11-16)23(21(26)22-20(17)25)12-15-7-5-6-8-15;1-5-3-15(10(18)12-9(5)17)8-2-6(13-14-11)7(4-16)19-8;9-5-1-2-11(8(13)10-5)6-4-15-7(3-12)14-6/h5-6,9-11,15H,4,7-8,12H2,1-3H3,(H,22,25,26);3,6-8,16H,2,4H2,1H3,(H,12,17,18);1-2,6-7,12H,3-4H2,(H2,9,10,13)/t;6-,7+,8+;6-,7-/m.01/s1. The molecule has 0 radical (unpaired) electrons. The Bertz CT molecular complexity index is 2550. The number of hydrogen-bond donors (Lipinski definition) is 5. The Morgan fingerprint density at radius 2 is 1.67 bits per heavy atom. The summed E-state index contributed by atoms with van der Waals surface area (Å²) >= 11 is 1.47. The van der Waals surface area contributed by atoms with Gasteiger partial charge in [0, 0.05) is 52.7 Å². The van der Waals surface area contributed by atoms with Gasteiger partial charge in [-0.05, 0) is 69.7 Å². The Labute approximate surface area is 346 Å². The third kappa shape index (κ3) is 10.9. The van der Waals surface area contributed by atoms with Crippen molar-refractivity contribution in [3.05, 3.63) is 145 Å². The number of aromatic amines is 2. The van der Waals surface area contributed by atoms with Gasteiger partial charge in [0.2, 0.25) is 5.78 Å². The third-order valence-electron chi connectivity index (χ3n) is 9.98. The molecule has 0 saturated carbocycles. The molecule has 5 heterocycles. The molecule has 1 aromatic carbocycles. The fourth-order valence-electron chi connectivity index (χ4n) is 7.07. The van der Waals surface area contributed by atoms with Gasteiger partial charge in [0.1, 0.15) is 29.4 Å². The molecule has 0 bridgehead atoms.